The predicted octanol–water partition coefficient (Wildman–Crippen LogP) is 3.18. The molecule has 1 N–H and O–H groups in total. The molecule has 1 aromatic carbocycles. The van der Waals surface area contributed by atoms with Crippen LogP contribution in [0.1, 0.15) is 27.2 Å². The van der Waals surface area contributed by atoms with Gasteiger partial charge in [-0.25, -0.2) is 8.78 Å². The van der Waals surface area contributed by atoms with E-state index in [0.717, 1.165) is 19.5 Å². The first-order valence-corrected chi connectivity index (χ1v) is 6.98. The summed E-state index contributed by atoms with van der Waals surface area (Å²) < 4.78 is 27.4. The predicted molar refractivity (Wildman–Crippen MR) is 74.4 cm³/mol. The Hall–Kier alpha value is -1.16. The van der Waals surface area contributed by atoms with Crippen molar-refractivity contribution >= 4 is 5.69 Å². The molecule has 4 heteroatoms. The van der Waals surface area contributed by atoms with Gasteiger partial charge in [-0.05, 0) is 24.5 Å². The molecule has 2 rings (SSSR count). The van der Waals surface area contributed by atoms with E-state index in [-0.39, 0.29) is 6.04 Å². The fourth-order valence-corrected chi connectivity index (χ4v) is 2.70. The molecule has 2 atom stereocenters. The first-order chi connectivity index (χ1) is 9.04. The van der Waals surface area contributed by atoms with Gasteiger partial charge in [0, 0.05) is 25.2 Å². The van der Waals surface area contributed by atoms with E-state index in [2.05, 4.69) is 26.1 Å². The second-order valence-electron chi connectivity index (χ2n) is 5.55. The van der Waals surface area contributed by atoms with Crippen molar-refractivity contribution in [3.05, 3.63) is 29.8 Å². The minimum atomic E-state index is -0.772. The number of piperazine rings is 1. The Morgan fingerprint density at radius 2 is 2.11 bits per heavy atom. The highest BCUT2D eigenvalue weighted by Gasteiger charge is 2.31. The first kappa shape index (κ1) is 14.3. The Balaban J connectivity index is 2.33. The normalized spacial score (nSPS) is 24.0. The SMILES string of the molecule is CCC1CN(c2cccc(F)c2F)C(C(C)C)CN1. The highest BCUT2D eigenvalue weighted by Crippen LogP contribution is 2.28. The van der Waals surface area contributed by atoms with Crippen LogP contribution in [0.3, 0.4) is 0 Å². The average Bonchev–Trinajstić information content (AvgIpc) is 2.41. The summed E-state index contributed by atoms with van der Waals surface area (Å²) in [6, 6.07) is 4.94. The molecule has 0 amide bonds. The van der Waals surface area contributed by atoms with Crippen LogP contribution in [0.2, 0.25) is 0 Å². The molecule has 2 nitrogen and oxygen atoms in total. The number of nitrogens with one attached hydrogen (secondary N) is 1. The maximum atomic E-state index is 14.0. The van der Waals surface area contributed by atoms with Crippen molar-refractivity contribution in [3.8, 4) is 0 Å². The van der Waals surface area contributed by atoms with Crippen LogP contribution in [0.5, 0.6) is 0 Å². The number of hydrogen-bond acceptors (Lipinski definition) is 2. The first-order valence-electron chi connectivity index (χ1n) is 6.98. The number of rotatable bonds is 3. The van der Waals surface area contributed by atoms with Crippen molar-refractivity contribution in [2.75, 3.05) is 18.0 Å². The van der Waals surface area contributed by atoms with Crippen molar-refractivity contribution in [3.63, 3.8) is 0 Å². The average molecular weight is 268 g/mol. The zero-order valence-electron chi connectivity index (χ0n) is 11.8. The van der Waals surface area contributed by atoms with Crippen LogP contribution < -0.4 is 10.2 Å². The lowest BCUT2D eigenvalue weighted by Gasteiger charge is -2.43. The van der Waals surface area contributed by atoms with Gasteiger partial charge in [0.05, 0.1) is 5.69 Å². The summed E-state index contributed by atoms with van der Waals surface area (Å²) in [6.07, 6.45) is 0.984. The van der Waals surface area contributed by atoms with Crippen LogP contribution in [0.25, 0.3) is 0 Å². The quantitative estimate of drug-likeness (QED) is 0.905. The maximum Gasteiger partial charge on any atom is 0.182 e. The second-order valence-corrected chi connectivity index (χ2v) is 5.55. The molecule has 19 heavy (non-hydrogen) atoms. The second kappa shape index (κ2) is 5.87. The largest absolute Gasteiger partial charge is 0.363 e. The third-order valence-corrected chi connectivity index (χ3v) is 3.94. The van der Waals surface area contributed by atoms with Gasteiger partial charge in [-0.1, -0.05) is 26.8 Å². The lowest BCUT2D eigenvalue weighted by molar-refractivity contribution is 0.329. The Labute approximate surface area is 113 Å². The summed E-state index contributed by atoms with van der Waals surface area (Å²) in [5.74, 6) is -1.12. The van der Waals surface area contributed by atoms with E-state index in [0.29, 0.717) is 17.6 Å². The van der Waals surface area contributed by atoms with Crippen LogP contribution in [0.15, 0.2) is 18.2 Å². The standard InChI is InChI=1S/C15H22F2N2/c1-4-11-9-19(14(8-18-11)10(2)3)13-7-5-6-12(16)15(13)17/h5-7,10-11,14,18H,4,8-9H2,1-3H3. The molecule has 1 heterocycles. The summed E-state index contributed by atoms with van der Waals surface area (Å²) in [6.45, 7) is 7.87. The van der Waals surface area contributed by atoms with Crippen LogP contribution in [-0.4, -0.2) is 25.2 Å². The molecule has 106 valence electrons. The molecule has 0 saturated carbocycles. The summed E-state index contributed by atoms with van der Waals surface area (Å²) in [7, 11) is 0. The van der Waals surface area contributed by atoms with E-state index < -0.39 is 11.6 Å². The topological polar surface area (TPSA) is 15.3 Å². The summed E-state index contributed by atoms with van der Waals surface area (Å²) in [5, 5.41) is 3.48. The van der Waals surface area contributed by atoms with Gasteiger partial charge in [-0.15, -0.1) is 0 Å². The lowest BCUT2D eigenvalue weighted by atomic mass is 9.96. The van der Waals surface area contributed by atoms with Gasteiger partial charge in [-0.2, -0.15) is 0 Å². The molecule has 0 aliphatic carbocycles. The van der Waals surface area contributed by atoms with Crippen molar-refractivity contribution in [1.29, 1.82) is 0 Å². The van der Waals surface area contributed by atoms with Crippen LogP contribution in [0, 0.1) is 17.6 Å². The van der Waals surface area contributed by atoms with E-state index in [1.165, 1.54) is 6.07 Å². The number of hydrogen-bond donors (Lipinski definition) is 1. The van der Waals surface area contributed by atoms with E-state index in [1.807, 2.05) is 4.90 Å². The van der Waals surface area contributed by atoms with E-state index in [1.54, 1.807) is 12.1 Å². The molecule has 0 spiro atoms. The molecule has 1 aliphatic heterocycles. The molecule has 0 bridgehead atoms. The van der Waals surface area contributed by atoms with Gasteiger partial charge in [0.25, 0.3) is 0 Å². The van der Waals surface area contributed by atoms with Crippen molar-refractivity contribution in [2.45, 2.75) is 39.3 Å². The monoisotopic (exact) mass is 268 g/mol. The number of halogens is 2. The Morgan fingerprint density at radius 1 is 1.37 bits per heavy atom. The minimum Gasteiger partial charge on any atom is -0.363 e. The molecule has 1 aromatic rings. The summed E-state index contributed by atoms with van der Waals surface area (Å²) >= 11 is 0. The van der Waals surface area contributed by atoms with E-state index in [4.69, 9.17) is 0 Å². The maximum absolute atomic E-state index is 14.0. The van der Waals surface area contributed by atoms with Gasteiger partial charge in [0.1, 0.15) is 0 Å². The highest BCUT2D eigenvalue weighted by atomic mass is 19.2. The fourth-order valence-electron chi connectivity index (χ4n) is 2.70. The van der Waals surface area contributed by atoms with Gasteiger partial charge >= 0.3 is 0 Å². The van der Waals surface area contributed by atoms with Gasteiger partial charge < -0.3 is 10.2 Å². The Morgan fingerprint density at radius 3 is 2.74 bits per heavy atom. The molecule has 0 aromatic heterocycles. The van der Waals surface area contributed by atoms with Gasteiger partial charge in [0.15, 0.2) is 11.6 Å². The van der Waals surface area contributed by atoms with Crippen molar-refractivity contribution in [1.82, 2.24) is 5.32 Å². The molecule has 0 radical (unpaired) electrons. The van der Waals surface area contributed by atoms with Gasteiger partial charge in [0.2, 0.25) is 0 Å². The molecule has 1 aliphatic rings. The molecule has 1 fully saturated rings. The minimum absolute atomic E-state index is 0.194. The van der Waals surface area contributed by atoms with Crippen LogP contribution in [-0.2, 0) is 0 Å². The Kier molecular flexibility index (Phi) is 4.40. The molecule has 1 saturated heterocycles. The van der Waals surface area contributed by atoms with Crippen LogP contribution in [0.4, 0.5) is 14.5 Å². The summed E-state index contributed by atoms with van der Waals surface area (Å²) in [5.41, 5.74) is 0.388. The zero-order valence-corrected chi connectivity index (χ0v) is 11.8. The summed E-state index contributed by atoms with van der Waals surface area (Å²) in [4.78, 5) is 2.02. The third-order valence-electron chi connectivity index (χ3n) is 3.94. The smallest absolute Gasteiger partial charge is 0.182 e. The molecular formula is C15H22F2N2. The number of benzene rings is 1. The zero-order chi connectivity index (χ0) is 14.0. The van der Waals surface area contributed by atoms with Crippen molar-refractivity contribution < 1.29 is 8.78 Å². The Bertz CT molecular complexity index is 434. The van der Waals surface area contributed by atoms with Crippen LogP contribution >= 0.6 is 0 Å². The van der Waals surface area contributed by atoms with E-state index >= 15 is 0 Å². The molecular weight excluding hydrogens is 246 g/mol. The third kappa shape index (κ3) is 2.89. The fraction of sp³-hybridized carbons (Fsp3) is 0.600. The number of anilines is 1. The van der Waals surface area contributed by atoms with Crippen molar-refractivity contribution in [2.24, 2.45) is 5.92 Å². The number of nitrogens with zero attached hydrogens (tertiary/aromatic N) is 1. The van der Waals surface area contributed by atoms with E-state index in [9.17, 15) is 8.78 Å². The highest BCUT2D eigenvalue weighted by molar-refractivity contribution is 5.50. The lowest BCUT2D eigenvalue weighted by Crippen LogP contribution is -2.58. The molecule has 2 unspecified atom stereocenters. The van der Waals surface area contributed by atoms with Gasteiger partial charge in [-0.3, -0.25) is 0 Å².